The first-order valence-electron chi connectivity index (χ1n) is 11.3. The molecule has 0 saturated carbocycles. The normalized spacial score (nSPS) is 17.4. The Kier molecular flexibility index (Phi) is 5.73. The number of carbonyl (C=O) groups excluding carboxylic acids is 2. The standard InChI is InChI=1S/C27H25ClN4O3/c1-17-11-18(2)13-21(12-17)32-25(33)23-14-22(24-5-4-10-35-24)30-31(23)16-27(32,3)26(34)29-15-19-6-8-20(28)9-7-19/h4-14H,15-16H2,1-3H3,(H,29,34)/t27-/m0/s1. The van der Waals surface area contributed by atoms with E-state index < -0.39 is 5.54 Å². The summed E-state index contributed by atoms with van der Waals surface area (Å²) >= 11 is 5.99. The molecule has 2 amide bonds. The number of rotatable bonds is 5. The van der Waals surface area contributed by atoms with Gasteiger partial charge in [0.05, 0.1) is 12.8 Å². The van der Waals surface area contributed by atoms with E-state index in [2.05, 4.69) is 10.4 Å². The molecule has 7 nitrogen and oxygen atoms in total. The molecule has 0 aliphatic carbocycles. The number of hydrogen-bond acceptors (Lipinski definition) is 4. The average molecular weight is 489 g/mol. The summed E-state index contributed by atoms with van der Waals surface area (Å²) < 4.78 is 7.08. The summed E-state index contributed by atoms with van der Waals surface area (Å²) in [6, 6.07) is 18.4. The number of nitrogens with zero attached hydrogens (tertiary/aromatic N) is 3. The lowest BCUT2D eigenvalue weighted by atomic mass is 9.93. The van der Waals surface area contributed by atoms with Crippen molar-refractivity contribution in [2.75, 3.05) is 4.90 Å². The first-order valence-corrected chi connectivity index (χ1v) is 11.7. The van der Waals surface area contributed by atoms with Crippen molar-refractivity contribution in [3.63, 3.8) is 0 Å². The third-order valence-corrected chi connectivity index (χ3v) is 6.50. The van der Waals surface area contributed by atoms with E-state index in [1.54, 1.807) is 53.1 Å². The van der Waals surface area contributed by atoms with E-state index in [1.165, 1.54) is 0 Å². The Hall–Kier alpha value is -3.84. The lowest BCUT2D eigenvalue weighted by Gasteiger charge is -2.43. The molecule has 178 valence electrons. The first-order chi connectivity index (χ1) is 16.7. The fourth-order valence-corrected chi connectivity index (χ4v) is 4.71. The number of furan rings is 1. The number of anilines is 1. The van der Waals surface area contributed by atoms with Crippen molar-refractivity contribution in [2.45, 2.75) is 39.4 Å². The minimum Gasteiger partial charge on any atom is -0.463 e. The van der Waals surface area contributed by atoms with Crippen molar-refractivity contribution in [3.8, 4) is 11.5 Å². The molecule has 1 N–H and O–H groups in total. The Bertz CT molecular complexity index is 1390. The number of nitrogens with one attached hydrogen (secondary N) is 1. The average Bonchev–Trinajstić information content (AvgIpc) is 3.48. The number of amides is 2. The fourth-order valence-electron chi connectivity index (χ4n) is 4.59. The van der Waals surface area contributed by atoms with Gasteiger partial charge in [0.25, 0.3) is 5.91 Å². The van der Waals surface area contributed by atoms with Gasteiger partial charge in [-0.3, -0.25) is 19.2 Å². The van der Waals surface area contributed by atoms with Gasteiger partial charge in [-0.2, -0.15) is 5.10 Å². The summed E-state index contributed by atoms with van der Waals surface area (Å²) in [7, 11) is 0. The summed E-state index contributed by atoms with van der Waals surface area (Å²) in [6.07, 6.45) is 1.56. The minimum atomic E-state index is -1.22. The molecule has 0 spiro atoms. The molecule has 0 unspecified atom stereocenters. The molecule has 1 aliphatic rings. The molecule has 2 aromatic heterocycles. The van der Waals surface area contributed by atoms with Gasteiger partial charge >= 0.3 is 0 Å². The predicted molar refractivity (Wildman–Crippen MR) is 134 cm³/mol. The quantitative estimate of drug-likeness (QED) is 0.421. The second-order valence-electron chi connectivity index (χ2n) is 9.12. The van der Waals surface area contributed by atoms with Gasteiger partial charge in [0, 0.05) is 23.3 Å². The topological polar surface area (TPSA) is 80.4 Å². The van der Waals surface area contributed by atoms with E-state index in [0.717, 1.165) is 16.7 Å². The SMILES string of the molecule is Cc1cc(C)cc(N2C(=O)c3cc(-c4ccco4)nn3C[C@@]2(C)C(=O)NCc2ccc(Cl)cc2)c1. The monoisotopic (exact) mass is 488 g/mol. The minimum absolute atomic E-state index is 0.189. The van der Waals surface area contributed by atoms with Crippen LogP contribution >= 0.6 is 11.6 Å². The number of halogens is 1. The molecule has 5 rings (SSSR count). The van der Waals surface area contributed by atoms with Crippen LogP contribution in [0.3, 0.4) is 0 Å². The van der Waals surface area contributed by atoms with Gasteiger partial charge in [-0.25, -0.2) is 0 Å². The summed E-state index contributed by atoms with van der Waals surface area (Å²) in [5, 5.41) is 8.23. The number of benzene rings is 2. The van der Waals surface area contributed by atoms with Crippen molar-refractivity contribution in [1.29, 1.82) is 0 Å². The third-order valence-electron chi connectivity index (χ3n) is 6.25. The van der Waals surface area contributed by atoms with Crippen LogP contribution in [0.1, 0.15) is 34.1 Å². The van der Waals surface area contributed by atoms with Gasteiger partial charge in [-0.05, 0) is 73.9 Å². The summed E-state index contributed by atoms with van der Waals surface area (Å²) in [5.74, 6) is -0.0112. The molecule has 8 heteroatoms. The number of aryl methyl sites for hydroxylation is 2. The lowest BCUT2D eigenvalue weighted by Crippen LogP contribution is -2.64. The van der Waals surface area contributed by atoms with Crippen molar-refractivity contribution in [3.05, 3.63) is 94.3 Å². The highest BCUT2D eigenvalue weighted by Crippen LogP contribution is 2.35. The van der Waals surface area contributed by atoms with E-state index >= 15 is 0 Å². The highest BCUT2D eigenvalue weighted by molar-refractivity contribution is 6.30. The maximum absolute atomic E-state index is 13.9. The maximum Gasteiger partial charge on any atom is 0.277 e. The van der Waals surface area contributed by atoms with Gasteiger partial charge in [0.1, 0.15) is 16.9 Å². The Morgan fingerprint density at radius 2 is 1.83 bits per heavy atom. The molecule has 3 heterocycles. The molecule has 1 aliphatic heterocycles. The Balaban J connectivity index is 1.55. The molecule has 0 fully saturated rings. The number of aromatic nitrogens is 2. The Morgan fingerprint density at radius 3 is 2.49 bits per heavy atom. The van der Waals surface area contributed by atoms with Crippen LogP contribution in [0.2, 0.25) is 5.02 Å². The molecule has 0 bridgehead atoms. The van der Waals surface area contributed by atoms with Crippen LogP contribution in [-0.4, -0.2) is 27.1 Å². The molecule has 2 aromatic carbocycles. The second-order valence-corrected chi connectivity index (χ2v) is 9.56. The van der Waals surface area contributed by atoms with E-state index in [1.807, 2.05) is 44.2 Å². The van der Waals surface area contributed by atoms with Crippen LogP contribution in [0.25, 0.3) is 11.5 Å². The van der Waals surface area contributed by atoms with Crippen LogP contribution in [-0.2, 0) is 17.9 Å². The lowest BCUT2D eigenvalue weighted by molar-refractivity contribution is -0.126. The summed E-state index contributed by atoms with van der Waals surface area (Å²) in [4.78, 5) is 29.2. The van der Waals surface area contributed by atoms with Crippen LogP contribution in [0, 0.1) is 13.8 Å². The van der Waals surface area contributed by atoms with Crippen LogP contribution < -0.4 is 10.2 Å². The largest absolute Gasteiger partial charge is 0.463 e. The van der Waals surface area contributed by atoms with E-state index in [0.29, 0.717) is 34.4 Å². The number of hydrogen-bond donors (Lipinski definition) is 1. The van der Waals surface area contributed by atoms with Gasteiger partial charge in [-0.1, -0.05) is 29.8 Å². The summed E-state index contributed by atoms with van der Waals surface area (Å²) in [6.45, 7) is 6.22. The molecule has 0 radical (unpaired) electrons. The van der Waals surface area contributed by atoms with E-state index in [4.69, 9.17) is 16.0 Å². The van der Waals surface area contributed by atoms with Crippen LogP contribution in [0.4, 0.5) is 5.69 Å². The zero-order valence-electron chi connectivity index (χ0n) is 19.7. The van der Waals surface area contributed by atoms with Crippen molar-refractivity contribution >= 4 is 29.1 Å². The second kappa shape index (κ2) is 8.74. The van der Waals surface area contributed by atoms with Gasteiger partial charge < -0.3 is 9.73 Å². The molecule has 35 heavy (non-hydrogen) atoms. The highest BCUT2D eigenvalue weighted by atomic mass is 35.5. The van der Waals surface area contributed by atoms with Gasteiger partial charge in [0.15, 0.2) is 5.76 Å². The number of fused-ring (bicyclic) bond motifs is 1. The fraction of sp³-hybridized carbons (Fsp3) is 0.222. The smallest absolute Gasteiger partial charge is 0.277 e. The molecule has 4 aromatic rings. The molecule has 1 atom stereocenters. The van der Waals surface area contributed by atoms with Crippen LogP contribution in [0.15, 0.2) is 71.3 Å². The molecular formula is C27H25ClN4O3. The zero-order valence-corrected chi connectivity index (χ0v) is 20.5. The summed E-state index contributed by atoms with van der Waals surface area (Å²) in [5.41, 5.74) is 3.32. The highest BCUT2D eigenvalue weighted by Gasteiger charge is 2.49. The third kappa shape index (κ3) is 4.23. The van der Waals surface area contributed by atoms with E-state index in [-0.39, 0.29) is 18.4 Å². The Labute approximate surface area is 208 Å². The zero-order chi connectivity index (χ0) is 24.7. The molecule has 0 saturated heterocycles. The Morgan fingerprint density at radius 1 is 1.11 bits per heavy atom. The van der Waals surface area contributed by atoms with Gasteiger partial charge in [-0.15, -0.1) is 0 Å². The first kappa shape index (κ1) is 22.9. The maximum atomic E-state index is 13.9. The number of carbonyl (C=O) groups is 2. The predicted octanol–water partition coefficient (Wildman–Crippen LogP) is 5.15. The van der Waals surface area contributed by atoms with Crippen molar-refractivity contribution < 1.29 is 14.0 Å². The van der Waals surface area contributed by atoms with Crippen molar-refractivity contribution in [2.24, 2.45) is 0 Å². The molecular weight excluding hydrogens is 464 g/mol. The van der Waals surface area contributed by atoms with Crippen LogP contribution in [0.5, 0.6) is 0 Å². The van der Waals surface area contributed by atoms with Gasteiger partial charge in [0.2, 0.25) is 5.91 Å². The van der Waals surface area contributed by atoms with E-state index in [9.17, 15) is 9.59 Å². The van der Waals surface area contributed by atoms with Crippen molar-refractivity contribution in [1.82, 2.24) is 15.1 Å².